The van der Waals surface area contributed by atoms with Gasteiger partial charge in [-0.1, -0.05) is 41.4 Å². The first-order chi connectivity index (χ1) is 13.1. The molecule has 9 heteroatoms. The van der Waals surface area contributed by atoms with Gasteiger partial charge in [0.15, 0.2) is 0 Å². The average molecular weight is 440 g/mol. The van der Waals surface area contributed by atoms with Crippen LogP contribution in [0.1, 0.15) is 12.8 Å². The molecule has 148 valence electrons. The fourth-order valence-electron chi connectivity index (χ4n) is 3.29. The van der Waals surface area contributed by atoms with E-state index < -0.39 is 6.29 Å². The number of hydrogen-bond acceptors (Lipinski definition) is 6. The molecule has 2 aromatic rings. The lowest BCUT2D eigenvalue weighted by Gasteiger charge is -2.38. The van der Waals surface area contributed by atoms with Crippen LogP contribution in [0, 0.1) is 0 Å². The van der Waals surface area contributed by atoms with E-state index in [1.807, 2.05) is 36.4 Å². The van der Waals surface area contributed by atoms with E-state index >= 15 is 0 Å². The first-order valence-corrected chi connectivity index (χ1v) is 9.60. The van der Waals surface area contributed by atoms with Crippen molar-refractivity contribution in [2.45, 2.75) is 19.1 Å². The van der Waals surface area contributed by atoms with E-state index in [0.29, 0.717) is 10.0 Å². The molecule has 0 radical (unpaired) electrons. The van der Waals surface area contributed by atoms with Crippen molar-refractivity contribution >= 4 is 58.9 Å². The Morgan fingerprint density at radius 3 is 2.39 bits per heavy atom. The summed E-state index contributed by atoms with van der Waals surface area (Å²) < 4.78 is 0. The highest BCUT2D eigenvalue weighted by Gasteiger charge is 2.32. The number of nitrogens with one attached hydrogen (secondary N) is 1. The second-order valence-corrected chi connectivity index (χ2v) is 7.26. The second-order valence-electron chi connectivity index (χ2n) is 6.45. The smallest absolute Gasteiger partial charge is 0.222 e. The van der Waals surface area contributed by atoms with Crippen molar-refractivity contribution in [2.24, 2.45) is 15.7 Å². The summed E-state index contributed by atoms with van der Waals surface area (Å²) in [6.45, 7) is 1.91. The van der Waals surface area contributed by atoms with Crippen LogP contribution in [0.2, 0.25) is 10.0 Å². The molecule has 0 aromatic heterocycles. The molecule has 2 aliphatic rings. The maximum absolute atomic E-state index is 6.17. The molecule has 0 amide bonds. The number of likely N-dealkylation sites (tertiary alicyclic amines) is 1. The Bertz CT molecular complexity index is 880. The van der Waals surface area contributed by atoms with Gasteiger partial charge in [0.25, 0.3) is 0 Å². The number of halogens is 3. The van der Waals surface area contributed by atoms with Gasteiger partial charge in [-0.15, -0.1) is 12.4 Å². The zero-order valence-electron chi connectivity index (χ0n) is 15.1. The van der Waals surface area contributed by atoms with Crippen molar-refractivity contribution in [2.75, 3.05) is 23.3 Å². The molecule has 4 rings (SSSR count). The third-order valence-electron chi connectivity index (χ3n) is 4.57. The highest BCUT2D eigenvalue weighted by Crippen LogP contribution is 2.28. The summed E-state index contributed by atoms with van der Waals surface area (Å²) in [5.74, 6) is 1.06. The van der Waals surface area contributed by atoms with Crippen LogP contribution in [0.5, 0.6) is 0 Å². The van der Waals surface area contributed by atoms with Crippen LogP contribution in [-0.4, -0.2) is 36.2 Å². The fourth-order valence-corrected chi connectivity index (χ4v) is 3.59. The Morgan fingerprint density at radius 2 is 1.71 bits per heavy atom. The number of para-hydroxylation sites is 1. The standard InChI is InChI=1S/C19H20Cl2N6.ClH/c20-15-9-8-13(12-16(15)21)23-18-24-17(22)25-19(26-10-4-5-11-26)27(18)14-6-2-1-3-7-14;/h1-3,6-9,12,18,23H,4-5,10-11H2,(H2,22,24);1H. The lowest BCUT2D eigenvalue weighted by atomic mass is 10.2. The number of rotatable bonds is 3. The molecule has 2 aromatic carbocycles. The van der Waals surface area contributed by atoms with Gasteiger partial charge in [0, 0.05) is 24.5 Å². The minimum atomic E-state index is -0.447. The molecule has 0 aliphatic carbocycles. The number of nitrogens with two attached hydrogens (primary N) is 1. The Hall–Kier alpha value is -2.15. The van der Waals surface area contributed by atoms with Gasteiger partial charge < -0.3 is 16.0 Å². The molecule has 1 fully saturated rings. The Balaban J connectivity index is 0.00000225. The van der Waals surface area contributed by atoms with E-state index in [9.17, 15) is 0 Å². The van der Waals surface area contributed by atoms with Crippen LogP contribution < -0.4 is 16.0 Å². The van der Waals surface area contributed by atoms with Crippen molar-refractivity contribution in [3.05, 3.63) is 58.6 Å². The Kier molecular flexibility index (Phi) is 6.54. The van der Waals surface area contributed by atoms with Gasteiger partial charge in [0.05, 0.1) is 10.0 Å². The molecule has 3 N–H and O–H groups in total. The minimum absolute atomic E-state index is 0. The zero-order chi connectivity index (χ0) is 18.8. The third kappa shape index (κ3) is 4.29. The van der Waals surface area contributed by atoms with E-state index in [-0.39, 0.29) is 18.4 Å². The van der Waals surface area contributed by atoms with E-state index in [0.717, 1.165) is 43.3 Å². The van der Waals surface area contributed by atoms with Gasteiger partial charge in [0.1, 0.15) is 0 Å². The van der Waals surface area contributed by atoms with Crippen molar-refractivity contribution in [1.82, 2.24) is 4.90 Å². The lowest BCUT2D eigenvalue weighted by molar-refractivity contribution is 0.497. The van der Waals surface area contributed by atoms with Crippen molar-refractivity contribution in [3.63, 3.8) is 0 Å². The SMILES string of the molecule is Cl.NC1=NC(Nc2ccc(Cl)c(Cl)c2)N(c2ccccc2)C(N2CCCC2)=N1. The lowest BCUT2D eigenvalue weighted by Crippen LogP contribution is -2.54. The van der Waals surface area contributed by atoms with Crippen LogP contribution in [0.15, 0.2) is 58.5 Å². The van der Waals surface area contributed by atoms with Crippen molar-refractivity contribution in [3.8, 4) is 0 Å². The maximum atomic E-state index is 6.17. The molecule has 0 spiro atoms. The van der Waals surface area contributed by atoms with Gasteiger partial charge in [0.2, 0.25) is 18.2 Å². The highest BCUT2D eigenvalue weighted by atomic mass is 35.5. The third-order valence-corrected chi connectivity index (χ3v) is 5.31. The number of hydrogen-bond donors (Lipinski definition) is 2. The van der Waals surface area contributed by atoms with Gasteiger partial charge in [-0.2, -0.15) is 4.99 Å². The van der Waals surface area contributed by atoms with E-state index in [1.165, 1.54) is 0 Å². The van der Waals surface area contributed by atoms with Crippen molar-refractivity contribution in [1.29, 1.82) is 0 Å². The highest BCUT2D eigenvalue weighted by molar-refractivity contribution is 6.42. The molecule has 1 atom stereocenters. The van der Waals surface area contributed by atoms with E-state index in [2.05, 4.69) is 25.1 Å². The quantitative estimate of drug-likeness (QED) is 0.744. The summed E-state index contributed by atoms with van der Waals surface area (Å²) >= 11 is 12.2. The summed E-state index contributed by atoms with van der Waals surface area (Å²) in [6.07, 6.45) is 1.84. The zero-order valence-corrected chi connectivity index (χ0v) is 17.4. The molecule has 2 aliphatic heterocycles. The Morgan fingerprint density at radius 1 is 1.00 bits per heavy atom. The van der Waals surface area contributed by atoms with Gasteiger partial charge in [-0.05, 0) is 43.2 Å². The molecule has 0 bridgehead atoms. The predicted octanol–water partition coefficient (Wildman–Crippen LogP) is 4.40. The van der Waals surface area contributed by atoms with Crippen LogP contribution in [-0.2, 0) is 0 Å². The summed E-state index contributed by atoms with van der Waals surface area (Å²) in [5.41, 5.74) is 7.84. The summed E-state index contributed by atoms with van der Waals surface area (Å²) in [6, 6.07) is 15.4. The predicted molar refractivity (Wildman–Crippen MR) is 120 cm³/mol. The van der Waals surface area contributed by atoms with Crippen LogP contribution in [0.4, 0.5) is 11.4 Å². The van der Waals surface area contributed by atoms with E-state index in [4.69, 9.17) is 28.9 Å². The fraction of sp³-hybridized carbons (Fsp3) is 0.263. The first-order valence-electron chi connectivity index (χ1n) is 8.84. The molecule has 1 saturated heterocycles. The monoisotopic (exact) mass is 438 g/mol. The summed E-state index contributed by atoms with van der Waals surface area (Å²) in [5, 5.41) is 4.38. The Labute approximate surface area is 180 Å². The number of aliphatic imine (C=N–C) groups is 2. The van der Waals surface area contributed by atoms with Crippen LogP contribution in [0.25, 0.3) is 0 Å². The van der Waals surface area contributed by atoms with Gasteiger partial charge in [-0.3, -0.25) is 4.90 Å². The molecule has 2 heterocycles. The molecular weight excluding hydrogens is 419 g/mol. The molecule has 1 unspecified atom stereocenters. The van der Waals surface area contributed by atoms with Crippen LogP contribution >= 0.6 is 35.6 Å². The molecule has 0 saturated carbocycles. The minimum Gasteiger partial charge on any atom is -0.368 e. The largest absolute Gasteiger partial charge is 0.368 e. The van der Waals surface area contributed by atoms with Gasteiger partial charge in [-0.25, -0.2) is 4.99 Å². The average Bonchev–Trinajstić information content (AvgIpc) is 3.20. The number of guanidine groups is 2. The first kappa shape index (κ1) is 20.6. The van der Waals surface area contributed by atoms with E-state index in [1.54, 1.807) is 12.1 Å². The normalized spacial score (nSPS) is 19.0. The number of benzene rings is 2. The van der Waals surface area contributed by atoms with Gasteiger partial charge >= 0.3 is 0 Å². The topological polar surface area (TPSA) is 69.2 Å². The summed E-state index contributed by atoms with van der Waals surface area (Å²) in [4.78, 5) is 13.4. The second kappa shape index (κ2) is 8.90. The number of anilines is 2. The van der Waals surface area contributed by atoms with Crippen molar-refractivity contribution < 1.29 is 0 Å². The molecule has 6 nitrogen and oxygen atoms in total. The van der Waals surface area contributed by atoms with Crippen LogP contribution in [0.3, 0.4) is 0 Å². The maximum Gasteiger partial charge on any atom is 0.222 e. The number of nitrogens with zero attached hydrogens (tertiary/aromatic N) is 4. The summed E-state index contributed by atoms with van der Waals surface area (Å²) in [7, 11) is 0. The molecular formula is C19H21Cl3N6. The molecule has 28 heavy (non-hydrogen) atoms.